The third-order valence-electron chi connectivity index (χ3n) is 6.51. The van der Waals surface area contributed by atoms with Crippen LogP contribution in [0.5, 0.6) is 0 Å². The number of ether oxygens (including phenoxy) is 1. The molecule has 0 aliphatic carbocycles. The quantitative estimate of drug-likeness (QED) is 0.304. The predicted molar refractivity (Wildman–Crippen MR) is 156 cm³/mol. The summed E-state index contributed by atoms with van der Waals surface area (Å²) in [5.74, 6) is -0.855. The zero-order valence-electron chi connectivity index (χ0n) is 23.1. The van der Waals surface area contributed by atoms with E-state index in [4.69, 9.17) is 21.3 Å². The molecule has 3 heterocycles. The molecule has 0 atom stereocenters. The molecular weight excluding hydrogens is 577 g/mol. The Kier molecular flexibility index (Phi) is 8.72. The first-order chi connectivity index (χ1) is 18.7. The van der Waals surface area contributed by atoms with E-state index in [-0.39, 0.29) is 28.4 Å². The molecule has 1 aliphatic rings. The van der Waals surface area contributed by atoms with Gasteiger partial charge in [0.2, 0.25) is 15.3 Å². The summed E-state index contributed by atoms with van der Waals surface area (Å²) in [6, 6.07) is 6.20. The van der Waals surface area contributed by atoms with Crippen LogP contribution in [0, 0.1) is 5.82 Å². The minimum atomic E-state index is -3.71. The molecule has 1 fully saturated rings. The van der Waals surface area contributed by atoms with Gasteiger partial charge in [-0.2, -0.15) is 0 Å². The van der Waals surface area contributed by atoms with Crippen LogP contribution in [-0.4, -0.2) is 58.8 Å². The molecule has 0 spiro atoms. The highest BCUT2D eigenvalue weighted by Gasteiger charge is 2.38. The summed E-state index contributed by atoms with van der Waals surface area (Å²) in [6.07, 6.45) is 2.82. The molecule has 216 valence electrons. The average Bonchev–Trinajstić information content (AvgIpc) is 3.31. The molecule has 1 saturated heterocycles. The maximum Gasteiger partial charge on any atom is 0.410 e. The Balaban J connectivity index is 1.73. The maximum absolute atomic E-state index is 15.8. The summed E-state index contributed by atoms with van der Waals surface area (Å²) >= 11 is 7.47. The summed E-state index contributed by atoms with van der Waals surface area (Å²) in [5.41, 5.74) is -0.185. The largest absolute Gasteiger partial charge is 0.444 e. The van der Waals surface area contributed by atoms with Crippen molar-refractivity contribution in [2.24, 2.45) is 0 Å². The van der Waals surface area contributed by atoms with E-state index in [1.54, 1.807) is 30.0 Å². The first kappa shape index (κ1) is 30.1. The molecule has 0 bridgehead atoms. The van der Waals surface area contributed by atoms with Crippen LogP contribution >= 0.6 is 22.9 Å². The van der Waals surface area contributed by atoms with Gasteiger partial charge in [0.1, 0.15) is 5.60 Å². The molecule has 2 aromatic heterocycles. The maximum atomic E-state index is 15.8. The number of amides is 1. The summed E-state index contributed by atoms with van der Waals surface area (Å²) < 4.78 is 48.5. The molecule has 13 heteroatoms. The number of nitrogens with one attached hydrogen (secondary N) is 1. The number of aromatic nitrogens is 3. The van der Waals surface area contributed by atoms with Gasteiger partial charge in [0.25, 0.3) is 0 Å². The van der Waals surface area contributed by atoms with Crippen molar-refractivity contribution in [3.05, 3.63) is 46.6 Å². The first-order valence-corrected chi connectivity index (χ1v) is 15.8. The molecule has 0 saturated carbocycles. The number of rotatable bonds is 7. The van der Waals surface area contributed by atoms with Crippen LogP contribution in [0.4, 0.5) is 14.9 Å². The number of nitrogens with zero attached hydrogens (tertiary/aromatic N) is 4. The smallest absolute Gasteiger partial charge is 0.410 e. The Morgan fingerprint density at radius 1 is 1.23 bits per heavy atom. The number of piperidine rings is 1. The zero-order chi connectivity index (χ0) is 29.3. The summed E-state index contributed by atoms with van der Waals surface area (Å²) in [7, 11) is -3.71. The second kappa shape index (κ2) is 11.6. The van der Waals surface area contributed by atoms with Gasteiger partial charge in [-0.3, -0.25) is 4.72 Å². The van der Waals surface area contributed by atoms with Crippen LogP contribution in [-0.2, 0) is 20.2 Å². The number of carbonyl (C=O) groups excluding carboxylic acids is 1. The van der Waals surface area contributed by atoms with Gasteiger partial charge in [0.15, 0.2) is 5.82 Å². The summed E-state index contributed by atoms with van der Waals surface area (Å²) in [4.78, 5) is 28.1. The number of thiazole rings is 1. The molecule has 0 unspecified atom stereocenters. The van der Waals surface area contributed by atoms with Crippen molar-refractivity contribution in [2.75, 3.05) is 23.6 Å². The number of anilines is 1. The topological polar surface area (TPSA) is 114 Å². The fourth-order valence-corrected chi connectivity index (χ4v) is 6.93. The SMILES string of the molecule is CCCS(=O)(=O)Nc1cccc(-c2nc(C3(C)CCN(C(=O)OC(C)(C)C)CC3)sc2-c2ccnc(Cl)n2)c1F. The monoisotopic (exact) mass is 609 g/mol. The molecule has 0 radical (unpaired) electrons. The lowest BCUT2D eigenvalue weighted by atomic mass is 9.81. The van der Waals surface area contributed by atoms with E-state index in [0.29, 0.717) is 48.6 Å². The van der Waals surface area contributed by atoms with Crippen molar-refractivity contribution in [2.45, 2.75) is 64.9 Å². The number of benzene rings is 1. The Labute approximate surface area is 243 Å². The molecule has 3 aromatic rings. The van der Waals surface area contributed by atoms with E-state index in [1.165, 1.54) is 23.6 Å². The Bertz CT molecular complexity index is 1500. The van der Waals surface area contributed by atoms with E-state index >= 15 is 4.39 Å². The zero-order valence-corrected chi connectivity index (χ0v) is 25.5. The van der Waals surface area contributed by atoms with Crippen LogP contribution in [0.25, 0.3) is 21.8 Å². The van der Waals surface area contributed by atoms with E-state index in [1.807, 2.05) is 20.8 Å². The number of hydrogen-bond acceptors (Lipinski definition) is 8. The standard InChI is InChI=1S/C27H33ClFN5O4S2/c1-6-16-40(36,37)33-18-9-7-8-17(20(18)29)21-22(19-10-13-30-24(28)31-19)39-23(32-21)27(5)11-14-34(15-12-27)25(35)38-26(2,3)4/h7-10,13,33H,6,11-12,14-16H2,1-5H3. The van der Waals surface area contributed by atoms with Crippen LogP contribution in [0.2, 0.25) is 5.28 Å². The Morgan fingerprint density at radius 2 is 1.93 bits per heavy atom. The number of hydrogen-bond donors (Lipinski definition) is 1. The number of likely N-dealkylation sites (tertiary alicyclic amines) is 1. The molecule has 1 aromatic carbocycles. The number of halogens is 2. The Hall–Kier alpha value is -2.83. The van der Waals surface area contributed by atoms with Gasteiger partial charge in [-0.25, -0.2) is 32.6 Å². The van der Waals surface area contributed by atoms with E-state index in [9.17, 15) is 13.2 Å². The summed E-state index contributed by atoms with van der Waals surface area (Å²) in [5, 5.41) is 0.796. The van der Waals surface area contributed by atoms with Gasteiger partial charge in [-0.15, -0.1) is 11.3 Å². The van der Waals surface area contributed by atoms with Crippen molar-refractivity contribution in [3.63, 3.8) is 0 Å². The highest BCUT2D eigenvalue weighted by molar-refractivity contribution is 7.92. The molecule has 1 aliphatic heterocycles. The van der Waals surface area contributed by atoms with Crippen LogP contribution in [0.15, 0.2) is 30.5 Å². The molecular formula is C27H33ClFN5O4S2. The van der Waals surface area contributed by atoms with E-state index in [0.717, 1.165) is 5.01 Å². The van der Waals surface area contributed by atoms with Crippen molar-refractivity contribution in [1.82, 2.24) is 19.9 Å². The minimum Gasteiger partial charge on any atom is -0.444 e. The second-order valence-corrected chi connectivity index (χ2v) is 14.2. The molecule has 1 N–H and O–H groups in total. The number of sulfonamides is 1. The lowest BCUT2D eigenvalue weighted by Gasteiger charge is -2.38. The average molecular weight is 610 g/mol. The van der Waals surface area contributed by atoms with Crippen molar-refractivity contribution < 1.29 is 22.3 Å². The van der Waals surface area contributed by atoms with Crippen molar-refractivity contribution in [3.8, 4) is 21.8 Å². The lowest BCUT2D eigenvalue weighted by molar-refractivity contribution is 0.0171. The molecule has 40 heavy (non-hydrogen) atoms. The fraction of sp³-hybridized carbons (Fsp3) is 0.481. The molecule has 1 amide bonds. The fourth-order valence-electron chi connectivity index (χ4n) is 4.40. The van der Waals surface area contributed by atoms with Gasteiger partial charge < -0.3 is 9.64 Å². The van der Waals surface area contributed by atoms with Gasteiger partial charge in [-0.05, 0) is 69.8 Å². The first-order valence-electron chi connectivity index (χ1n) is 13.0. The van der Waals surface area contributed by atoms with Gasteiger partial charge >= 0.3 is 6.09 Å². The third kappa shape index (κ3) is 6.90. The highest BCUT2D eigenvalue weighted by Crippen LogP contribution is 2.45. The predicted octanol–water partition coefficient (Wildman–Crippen LogP) is 6.50. The minimum absolute atomic E-state index is 0.0387. The van der Waals surface area contributed by atoms with Crippen molar-refractivity contribution >= 4 is 44.7 Å². The van der Waals surface area contributed by atoms with Crippen molar-refractivity contribution in [1.29, 1.82) is 0 Å². The summed E-state index contributed by atoms with van der Waals surface area (Å²) in [6.45, 7) is 10.3. The highest BCUT2D eigenvalue weighted by atomic mass is 35.5. The van der Waals surface area contributed by atoms with Crippen LogP contribution in [0.3, 0.4) is 0 Å². The van der Waals surface area contributed by atoms with Crippen LogP contribution in [0.1, 0.15) is 58.9 Å². The van der Waals surface area contributed by atoms with E-state index < -0.39 is 26.9 Å². The Morgan fingerprint density at radius 3 is 2.55 bits per heavy atom. The van der Waals surface area contributed by atoms with Crippen LogP contribution < -0.4 is 4.72 Å². The van der Waals surface area contributed by atoms with Gasteiger partial charge in [-0.1, -0.05) is 19.9 Å². The molecule has 4 rings (SSSR count). The van der Waals surface area contributed by atoms with Gasteiger partial charge in [0, 0.05) is 30.3 Å². The lowest BCUT2D eigenvalue weighted by Crippen LogP contribution is -2.45. The van der Waals surface area contributed by atoms with E-state index in [2.05, 4.69) is 21.6 Å². The third-order valence-corrected chi connectivity index (χ3v) is 9.56. The normalized spacial score (nSPS) is 15.6. The molecule has 9 nitrogen and oxygen atoms in total. The van der Waals surface area contributed by atoms with Gasteiger partial charge in [0.05, 0.1) is 32.7 Å². The second-order valence-electron chi connectivity index (χ2n) is 11.0. The number of carbonyl (C=O) groups is 1.